The molecule has 0 aliphatic carbocycles. The van der Waals surface area contributed by atoms with Crippen molar-refractivity contribution in [1.29, 1.82) is 0 Å². The maximum absolute atomic E-state index is 4.27. The van der Waals surface area contributed by atoms with E-state index in [1.165, 1.54) is 19.3 Å². The summed E-state index contributed by atoms with van der Waals surface area (Å²) in [5.41, 5.74) is 0. The smallest absolute Gasteiger partial charge is 0.138 e. The van der Waals surface area contributed by atoms with Crippen LogP contribution in [0.25, 0.3) is 0 Å². The molecule has 1 aliphatic rings. The molecule has 1 N–H and O–H groups in total. The standard InChI is InChI=1S/C11H20N4/c1-3-9-4-5-12-10(6-9)7-11-13-8-14-15(11)2/h8-10,12H,3-7H2,1-2H3. The molecule has 4 nitrogen and oxygen atoms in total. The lowest BCUT2D eigenvalue weighted by molar-refractivity contribution is 0.290. The maximum atomic E-state index is 4.27. The van der Waals surface area contributed by atoms with Crippen LogP contribution in [0.5, 0.6) is 0 Å². The predicted octanol–water partition coefficient (Wildman–Crippen LogP) is 1.14. The van der Waals surface area contributed by atoms with Gasteiger partial charge in [-0.15, -0.1) is 0 Å². The SMILES string of the molecule is CCC1CCNC(Cc2ncnn2C)C1. The van der Waals surface area contributed by atoms with Crippen LogP contribution < -0.4 is 5.32 Å². The van der Waals surface area contributed by atoms with Crippen molar-refractivity contribution in [3.63, 3.8) is 0 Å². The van der Waals surface area contributed by atoms with Crippen LogP contribution in [0.15, 0.2) is 6.33 Å². The normalized spacial score (nSPS) is 26.8. The molecular formula is C11H20N4. The molecule has 84 valence electrons. The van der Waals surface area contributed by atoms with Gasteiger partial charge in [0, 0.05) is 19.5 Å². The number of aromatic nitrogens is 3. The molecule has 15 heavy (non-hydrogen) atoms. The van der Waals surface area contributed by atoms with Gasteiger partial charge in [-0.1, -0.05) is 13.3 Å². The summed E-state index contributed by atoms with van der Waals surface area (Å²) in [7, 11) is 1.96. The third-order valence-electron chi connectivity index (χ3n) is 3.41. The molecule has 2 atom stereocenters. The largest absolute Gasteiger partial charge is 0.314 e. The Morgan fingerprint density at radius 3 is 3.13 bits per heavy atom. The zero-order valence-electron chi connectivity index (χ0n) is 9.61. The van der Waals surface area contributed by atoms with Gasteiger partial charge >= 0.3 is 0 Å². The lowest BCUT2D eigenvalue weighted by Gasteiger charge is -2.29. The molecule has 2 unspecified atom stereocenters. The Morgan fingerprint density at radius 2 is 2.47 bits per heavy atom. The lowest BCUT2D eigenvalue weighted by Crippen LogP contribution is -2.39. The minimum absolute atomic E-state index is 0.589. The highest BCUT2D eigenvalue weighted by molar-refractivity contribution is 4.91. The number of piperidine rings is 1. The Labute approximate surface area is 91.1 Å². The number of hydrogen-bond donors (Lipinski definition) is 1. The van der Waals surface area contributed by atoms with Gasteiger partial charge in [0.05, 0.1) is 0 Å². The predicted molar refractivity (Wildman–Crippen MR) is 59.5 cm³/mol. The Balaban J connectivity index is 1.92. The van der Waals surface area contributed by atoms with Crippen molar-refractivity contribution >= 4 is 0 Å². The fourth-order valence-electron chi connectivity index (χ4n) is 2.35. The van der Waals surface area contributed by atoms with Gasteiger partial charge in [0.15, 0.2) is 0 Å². The van der Waals surface area contributed by atoms with E-state index in [2.05, 4.69) is 22.3 Å². The van der Waals surface area contributed by atoms with Crippen LogP contribution in [0.3, 0.4) is 0 Å². The summed E-state index contributed by atoms with van der Waals surface area (Å²) in [5.74, 6) is 1.98. The first-order valence-corrected chi connectivity index (χ1v) is 5.85. The van der Waals surface area contributed by atoms with E-state index in [-0.39, 0.29) is 0 Å². The summed E-state index contributed by atoms with van der Waals surface area (Å²) in [4.78, 5) is 4.27. The van der Waals surface area contributed by atoms with Crippen molar-refractivity contribution in [1.82, 2.24) is 20.1 Å². The maximum Gasteiger partial charge on any atom is 0.138 e. The van der Waals surface area contributed by atoms with E-state index in [0.717, 1.165) is 24.7 Å². The van der Waals surface area contributed by atoms with Gasteiger partial charge in [0.25, 0.3) is 0 Å². The highest BCUT2D eigenvalue weighted by Crippen LogP contribution is 2.20. The second-order valence-corrected chi connectivity index (χ2v) is 4.45. The summed E-state index contributed by atoms with van der Waals surface area (Å²) in [6.07, 6.45) is 6.55. The first kappa shape index (κ1) is 10.6. The van der Waals surface area contributed by atoms with E-state index in [1.54, 1.807) is 6.33 Å². The zero-order chi connectivity index (χ0) is 10.7. The van der Waals surface area contributed by atoms with Crippen molar-refractivity contribution in [3.05, 3.63) is 12.2 Å². The van der Waals surface area contributed by atoms with Crippen molar-refractivity contribution in [2.75, 3.05) is 6.54 Å². The minimum Gasteiger partial charge on any atom is -0.314 e. The van der Waals surface area contributed by atoms with Crippen LogP contribution in [0.4, 0.5) is 0 Å². The van der Waals surface area contributed by atoms with Crippen molar-refractivity contribution in [3.8, 4) is 0 Å². The van der Waals surface area contributed by atoms with Gasteiger partial charge in [0.2, 0.25) is 0 Å². The molecule has 0 spiro atoms. The number of nitrogens with one attached hydrogen (secondary N) is 1. The quantitative estimate of drug-likeness (QED) is 0.810. The molecule has 2 heterocycles. The Morgan fingerprint density at radius 1 is 1.60 bits per heavy atom. The number of nitrogens with zero attached hydrogens (tertiary/aromatic N) is 3. The van der Waals surface area contributed by atoms with Crippen LogP contribution in [0.1, 0.15) is 32.0 Å². The molecule has 0 aromatic carbocycles. The van der Waals surface area contributed by atoms with Crippen LogP contribution in [0.2, 0.25) is 0 Å². The summed E-state index contributed by atoms with van der Waals surface area (Å²) in [6.45, 7) is 3.44. The van der Waals surface area contributed by atoms with Gasteiger partial charge in [-0.05, 0) is 25.3 Å². The van der Waals surface area contributed by atoms with E-state index >= 15 is 0 Å². The first-order valence-electron chi connectivity index (χ1n) is 5.85. The molecular weight excluding hydrogens is 188 g/mol. The highest BCUT2D eigenvalue weighted by atomic mass is 15.3. The van der Waals surface area contributed by atoms with Crippen molar-refractivity contribution < 1.29 is 0 Å². The van der Waals surface area contributed by atoms with Crippen molar-refractivity contribution in [2.45, 2.75) is 38.6 Å². The van der Waals surface area contributed by atoms with Crippen LogP contribution in [0, 0.1) is 5.92 Å². The van der Waals surface area contributed by atoms with E-state index in [1.807, 2.05) is 11.7 Å². The highest BCUT2D eigenvalue weighted by Gasteiger charge is 2.21. The second-order valence-electron chi connectivity index (χ2n) is 4.45. The zero-order valence-corrected chi connectivity index (χ0v) is 9.61. The first-order chi connectivity index (χ1) is 7.29. The van der Waals surface area contributed by atoms with Gasteiger partial charge < -0.3 is 5.32 Å². The number of aryl methyl sites for hydroxylation is 1. The molecule has 1 aliphatic heterocycles. The third-order valence-corrected chi connectivity index (χ3v) is 3.41. The number of rotatable bonds is 3. The molecule has 0 bridgehead atoms. The molecule has 1 fully saturated rings. The molecule has 2 rings (SSSR count). The topological polar surface area (TPSA) is 42.7 Å². The van der Waals surface area contributed by atoms with Crippen LogP contribution >= 0.6 is 0 Å². The molecule has 0 saturated carbocycles. The summed E-state index contributed by atoms with van der Waals surface area (Å²) < 4.78 is 1.87. The molecule has 1 saturated heterocycles. The minimum atomic E-state index is 0.589. The van der Waals surface area contributed by atoms with Gasteiger partial charge in [0.1, 0.15) is 12.2 Å². The average Bonchev–Trinajstić information content (AvgIpc) is 2.65. The third kappa shape index (κ3) is 2.56. The van der Waals surface area contributed by atoms with E-state index in [9.17, 15) is 0 Å². The average molecular weight is 208 g/mol. The van der Waals surface area contributed by atoms with Crippen LogP contribution in [-0.4, -0.2) is 27.4 Å². The van der Waals surface area contributed by atoms with E-state index in [0.29, 0.717) is 6.04 Å². The Bertz CT molecular complexity index is 307. The Kier molecular flexibility index (Phi) is 3.36. The second kappa shape index (κ2) is 4.75. The summed E-state index contributed by atoms with van der Waals surface area (Å²) in [6, 6.07) is 0.589. The van der Waals surface area contributed by atoms with E-state index in [4.69, 9.17) is 0 Å². The molecule has 1 aromatic rings. The molecule has 1 aromatic heterocycles. The fraction of sp³-hybridized carbons (Fsp3) is 0.818. The van der Waals surface area contributed by atoms with Crippen molar-refractivity contribution in [2.24, 2.45) is 13.0 Å². The summed E-state index contributed by atoms with van der Waals surface area (Å²) in [5, 5.41) is 7.67. The van der Waals surface area contributed by atoms with E-state index < -0.39 is 0 Å². The van der Waals surface area contributed by atoms with Gasteiger partial charge in [-0.3, -0.25) is 4.68 Å². The molecule has 0 amide bonds. The lowest BCUT2D eigenvalue weighted by atomic mass is 9.89. The van der Waals surface area contributed by atoms with Crippen LogP contribution in [-0.2, 0) is 13.5 Å². The van der Waals surface area contributed by atoms with Gasteiger partial charge in [-0.25, -0.2) is 4.98 Å². The Hall–Kier alpha value is -0.900. The monoisotopic (exact) mass is 208 g/mol. The fourth-order valence-corrected chi connectivity index (χ4v) is 2.35. The van der Waals surface area contributed by atoms with Gasteiger partial charge in [-0.2, -0.15) is 5.10 Å². The molecule has 4 heteroatoms. The molecule has 0 radical (unpaired) electrons. The summed E-state index contributed by atoms with van der Waals surface area (Å²) >= 11 is 0. The number of hydrogen-bond acceptors (Lipinski definition) is 3.